The van der Waals surface area contributed by atoms with Gasteiger partial charge in [-0.25, -0.2) is 4.68 Å². The van der Waals surface area contributed by atoms with E-state index in [1.807, 2.05) is 50.2 Å². The van der Waals surface area contributed by atoms with Crippen molar-refractivity contribution in [2.45, 2.75) is 19.9 Å². The molecule has 7 nitrogen and oxygen atoms in total. The van der Waals surface area contributed by atoms with Gasteiger partial charge in [0.25, 0.3) is 0 Å². The van der Waals surface area contributed by atoms with E-state index in [1.165, 1.54) is 0 Å². The van der Waals surface area contributed by atoms with Crippen LogP contribution in [0.15, 0.2) is 60.1 Å². The molecule has 1 amide bonds. The van der Waals surface area contributed by atoms with Crippen LogP contribution >= 0.6 is 0 Å². The molecule has 0 bridgehead atoms. The minimum absolute atomic E-state index is 0.450. The van der Waals surface area contributed by atoms with Crippen LogP contribution < -0.4 is 11.1 Å². The Bertz CT molecular complexity index is 1020. The number of aromatic nitrogens is 4. The molecule has 1 aromatic carbocycles. The predicted octanol–water partition coefficient (Wildman–Crippen LogP) is 2.42. The fourth-order valence-electron chi connectivity index (χ4n) is 3.22. The maximum absolute atomic E-state index is 12.1. The van der Waals surface area contributed by atoms with Crippen molar-refractivity contribution in [2.24, 2.45) is 5.73 Å². The lowest BCUT2D eigenvalue weighted by molar-refractivity contribution is -0.115. The molecule has 2 aromatic heterocycles. The number of anilines is 1. The summed E-state index contributed by atoms with van der Waals surface area (Å²) in [7, 11) is 0. The zero-order chi connectivity index (χ0) is 18.3. The normalized spacial score (nSPS) is 16.2. The number of hydrogen-bond acceptors (Lipinski definition) is 5. The Labute approximate surface area is 150 Å². The molecule has 1 aliphatic heterocycles. The van der Waals surface area contributed by atoms with Gasteiger partial charge in [-0.2, -0.15) is 4.98 Å². The van der Waals surface area contributed by atoms with Gasteiger partial charge in [-0.3, -0.25) is 9.78 Å². The molecule has 0 saturated heterocycles. The first-order valence-electron chi connectivity index (χ1n) is 8.25. The number of allylic oxidation sites excluding steroid dienone is 1. The van der Waals surface area contributed by atoms with Crippen molar-refractivity contribution in [3.05, 3.63) is 71.2 Å². The van der Waals surface area contributed by atoms with E-state index >= 15 is 0 Å². The highest BCUT2D eigenvalue weighted by atomic mass is 16.1. The maximum atomic E-state index is 12.1. The molecule has 26 heavy (non-hydrogen) atoms. The molecular formula is C19H18N6O. The molecule has 0 spiro atoms. The first kappa shape index (κ1) is 16.0. The topological polar surface area (TPSA) is 98.7 Å². The molecule has 0 unspecified atom stereocenters. The smallest absolute Gasteiger partial charge is 0.248 e. The summed E-state index contributed by atoms with van der Waals surface area (Å²) in [6.07, 6.45) is 3.40. The number of benzene rings is 1. The first-order valence-corrected chi connectivity index (χ1v) is 8.25. The number of nitrogens with zero attached hydrogens (tertiary/aromatic N) is 4. The minimum atomic E-state index is -0.498. The van der Waals surface area contributed by atoms with Gasteiger partial charge >= 0.3 is 0 Å². The summed E-state index contributed by atoms with van der Waals surface area (Å²) in [6.45, 7) is 3.83. The highest BCUT2D eigenvalue weighted by Gasteiger charge is 2.33. The number of pyridine rings is 1. The standard InChI is InChI=1S/C19H18N6O/c1-11-5-3-6-13(9-11)18-23-19-22-12(2)15(17(20)26)16(25(19)24-18)14-7-4-8-21-10-14/h3-10,16H,1-2H3,(H2,20,26)(H,22,23,24)/t16-/m1/s1. The summed E-state index contributed by atoms with van der Waals surface area (Å²) in [4.78, 5) is 20.9. The second kappa shape index (κ2) is 6.11. The van der Waals surface area contributed by atoms with E-state index < -0.39 is 11.9 Å². The van der Waals surface area contributed by atoms with E-state index in [0.717, 1.165) is 16.7 Å². The Balaban J connectivity index is 1.89. The van der Waals surface area contributed by atoms with Crippen molar-refractivity contribution in [3.8, 4) is 11.4 Å². The SMILES string of the molecule is CC1=C(C(N)=O)[C@@H](c2cccnc2)n2nc(-c3cccc(C)c3)nc2N1. The molecule has 0 saturated carbocycles. The van der Waals surface area contributed by atoms with Gasteiger partial charge in [0.05, 0.1) is 5.57 Å². The molecule has 3 N–H and O–H groups in total. The predicted molar refractivity (Wildman–Crippen MR) is 98.1 cm³/mol. The summed E-state index contributed by atoms with van der Waals surface area (Å²) in [6, 6.07) is 11.2. The van der Waals surface area contributed by atoms with E-state index in [-0.39, 0.29) is 0 Å². The van der Waals surface area contributed by atoms with Crippen LogP contribution in [0, 0.1) is 6.92 Å². The number of carbonyl (C=O) groups is 1. The molecule has 130 valence electrons. The maximum Gasteiger partial charge on any atom is 0.248 e. The first-order chi connectivity index (χ1) is 12.5. The van der Waals surface area contributed by atoms with Gasteiger partial charge in [0, 0.05) is 23.7 Å². The van der Waals surface area contributed by atoms with Crippen LogP contribution in [-0.2, 0) is 4.79 Å². The Kier molecular flexibility index (Phi) is 3.76. The van der Waals surface area contributed by atoms with Crippen molar-refractivity contribution in [1.82, 2.24) is 19.7 Å². The molecular weight excluding hydrogens is 328 g/mol. The molecule has 3 heterocycles. The number of aryl methyl sites for hydroxylation is 1. The summed E-state index contributed by atoms with van der Waals surface area (Å²) in [5.74, 6) is 0.656. The molecule has 1 atom stereocenters. The highest BCUT2D eigenvalue weighted by Crippen LogP contribution is 2.35. The third-order valence-electron chi connectivity index (χ3n) is 4.39. The van der Waals surface area contributed by atoms with Crippen LogP contribution in [0.25, 0.3) is 11.4 Å². The number of nitrogens with two attached hydrogens (primary N) is 1. The molecule has 0 aliphatic carbocycles. The quantitative estimate of drug-likeness (QED) is 0.759. The van der Waals surface area contributed by atoms with Gasteiger partial charge in [-0.15, -0.1) is 5.10 Å². The Hall–Kier alpha value is -3.48. The third kappa shape index (κ3) is 2.63. The zero-order valence-electron chi connectivity index (χ0n) is 14.5. The second-order valence-corrected chi connectivity index (χ2v) is 6.29. The Morgan fingerprint density at radius 3 is 2.77 bits per heavy atom. The molecule has 3 aromatic rings. The molecule has 0 fully saturated rings. The molecule has 4 rings (SSSR count). The Morgan fingerprint density at radius 2 is 2.08 bits per heavy atom. The molecule has 7 heteroatoms. The van der Waals surface area contributed by atoms with Gasteiger partial charge in [0.2, 0.25) is 11.9 Å². The second-order valence-electron chi connectivity index (χ2n) is 6.29. The number of rotatable bonds is 3. The summed E-state index contributed by atoms with van der Waals surface area (Å²) >= 11 is 0. The van der Waals surface area contributed by atoms with Crippen LogP contribution in [0.2, 0.25) is 0 Å². The van der Waals surface area contributed by atoms with E-state index in [0.29, 0.717) is 23.0 Å². The fraction of sp³-hybridized carbons (Fsp3) is 0.158. The lowest BCUT2D eigenvalue weighted by Gasteiger charge is -2.27. The lowest BCUT2D eigenvalue weighted by atomic mass is 9.97. The lowest BCUT2D eigenvalue weighted by Crippen LogP contribution is -2.31. The van der Waals surface area contributed by atoms with Crippen molar-refractivity contribution in [1.29, 1.82) is 0 Å². The monoisotopic (exact) mass is 346 g/mol. The van der Waals surface area contributed by atoms with Gasteiger partial charge in [0.1, 0.15) is 6.04 Å². The Morgan fingerprint density at radius 1 is 1.23 bits per heavy atom. The number of primary amides is 1. The number of fused-ring (bicyclic) bond motifs is 1. The van der Waals surface area contributed by atoms with E-state index in [2.05, 4.69) is 20.4 Å². The summed E-state index contributed by atoms with van der Waals surface area (Å²) < 4.78 is 1.70. The van der Waals surface area contributed by atoms with Crippen LogP contribution in [0.4, 0.5) is 5.95 Å². The fourth-order valence-corrected chi connectivity index (χ4v) is 3.22. The minimum Gasteiger partial charge on any atom is -0.366 e. The van der Waals surface area contributed by atoms with E-state index in [4.69, 9.17) is 5.73 Å². The highest BCUT2D eigenvalue weighted by molar-refractivity contribution is 5.95. The van der Waals surface area contributed by atoms with Crippen LogP contribution in [0.3, 0.4) is 0 Å². The number of nitrogens with one attached hydrogen (secondary N) is 1. The van der Waals surface area contributed by atoms with E-state index in [9.17, 15) is 4.79 Å². The summed E-state index contributed by atoms with van der Waals surface area (Å²) in [5, 5.41) is 7.80. The largest absolute Gasteiger partial charge is 0.366 e. The molecule has 1 aliphatic rings. The average molecular weight is 346 g/mol. The average Bonchev–Trinajstić information content (AvgIpc) is 3.04. The van der Waals surface area contributed by atoms with Crippen LogP contribution in [0.1, 0.15) is 24.1 Å². The van der Waals surface area contributed by atoms with Crippen molar-refractivity contribution < 1.29 is 4.79 Å². The van der Waals surface area contributed by atoms with Gasteiger partial charge in [-0.05, 0) is 31.5 Å². The van der Waals surface area contributed by atoms with Gasteiger partial charge in [0.15, 0.2) is 5.82 Å². The van der Waals surface area contributed by atoms with Crippen molar-refractivity contribution >= 4 is 11.9 Å². The van der Waals surface area contributed by atoms with Crippen LogP contribution in [0.5, 0.6) is 0 Å². The van der Waals surface area contributed by atoms with Crippen LogP contribution in [-0.4, -0.2) is 25.7 Å². The number of carbonyl (C=O) groups excluding carboxylic acids is 1. The zero-order valence-corrected chi connectivity index (χ0v) is 14.5. The summed E-state index contributed by atoms with van der Waals surface area (Å²) in [5.41, 5.74) is 9.64. The number of hydrogen-bond donors (Lipinski definition) is 2. The van der Waals surface area contributed by atoms with Crippen molar-refractivity contribution in [3.63, 3.8) is 0 Å². The number of amides is 1. The third-order valence-corrected chi connectivity index (χ3v) is 4.39. The van der Waals surface area contributed by atoms with Crippen molar-refractivity contribution in [2.75, 3.05) is 5.32 Å². The molecule has 0 radical (unpaired) electrons. The van der Waals surface area contributed by atoms with Gasteiger partial charge in [-0.1, -0.05) is 29.8 Å². The van der Waals surface area contributed by atoms with Gasteiger partial charge < -0.3 is 11.1 Å². The van der Waals surface area contributed by atoms with E-state index in [1.54, 1.807) is 17.1 Å².